The highest BCUT2D eigenvalue weighted by Crippen LogP contribution is 2.32. The highest BCUT2D eigenvalue weighted by molar-refractivity contribution is 7.19. The second-order valence-electron chi connectivity index (χ2n) is 5.50. The molecule has 0 saturated carbocycles. The molecule has 0 bridgehead atoms. The van der Waals surface area contributed by atoms with Gasteiger partial charge in [0.2, 0.25) is 0 Å². The highest BCUT2D eigenvalue weighted by atomic mass is 32.1. The van der Waals surface area contributed by atoms with E-state index in [-0.39, 0.29) is 0 Å². The van der Waals surface area contributed by atoms with Gasteiger partial charge in [-0.15, -0.1) is 22.7 Å². The molecule has 2 heterocycles. The van der Waals surface area contributed by atoms with Gasteiger partial charge < -0.3 is 0 Å². The third-order valence-corrected chi connectivity index (χ3v) is 5.69. The van der Waals surface area contributed by atoms with Crippen LogP contribution < -0.4 is 0 Å². The molecule has 128 valence electrons. The molecule has 2 aromatic carbocycles. The number of hydrogen-bond donors (Lipinski definition) is 0. The predicted octanol–water partition coefficient (Wildman–Crippen LogP) is 6.44. The Kier molecular flexibility index (Phi) is 4.27. The predicted molar refractivity (Wildman–Crippen MR) is 100 cm³/mol. The molecule has 6 heteroatoms. The van der Waals surface area contributed by atoms with E-state index >= 15 is 0 Å². The van der Waals surface area contributed by atoms with Crippen LogP contribution in [0, 0.1) is 11.8 Å². The molecule has 1 nitrogen and oxygen atoms in total. The summed E-state index contributed by atoms with van der Waals surface area (Å²) in [7, 11) is 0. The molecule has 0 aliphatic heterocycles. The van der Waals surface area contributed by atoms with Crippen LogP contribution >= 0.6 is 22.7 Å². The summed E-state index contributed by atoms with van der Waals surface area (Å²) in [4.78, 5) is 6.02. The van der Waals surface area contributed by atoms with Gasteiger partial charge in [-0.2, -0.15) is 13.2 Å². The second kappa shape index (κ2) is 6.60. The van der Waals surface area contributed by atoms with Gasteiger partial charge in [-0.3, -0.25) is 0 Å². The van der Waals surface area contributed by atoms with E-state index in [1.807, 2.05) is 24.3 Å². The zero-order valence-electron chi connectivity index (χ0n) is 13.2. The molecule has 0 atom stereocenters. The highest BCUT2D eigenvalue weighted by Gasteiger charge is 2.30. The standard InChI is InChI=1S/C20H10F3NS2/c21-20(22,23)15-7-5-13(6-8-15)19-24-12-17(26-19)10-9-16-11-14-3-1-2-4-18(14)25-16/h1-8,11-12H. The van der Waals surface area contributed by atoms with Crippen molar-refractivity contribution in [2.45, 2.75) is 6.18 Å². The summed E-state index contributed by atoms with van der Waals surface area (Å²) in [5.74, 6) is 6.22. The first-order chi connectivity index (χ1) is 12.5. The summed E-state index contributed by atoms with van der Waals surface area (Å²) in [6, 6.07) is 15.1. The number of thiophene rings is 1. The third kappa shape index (κ3) is 3.50. The summed E-state index contributed by atoms with van der Waals surface area (Å²) >= 11 is 2.99. The van der Waals surface area contributed by atoms with Crippen LogP contribution in [-0.4, -0.2) is 4.98 Å². The maximum atomic E-state index is 12.6. The smallest absolute Gasteiger partial charge is 0.243 e. The van der Waals surface area contributed by atoms with Crippen LogP contribution in [0.2, 0.25) is 0 Å². The van der Waals surface area contributed by atoms with Gasteiger partial charge in [-0.25, -0.2) is 4.98 Å². The minimum Gasteiger partial charge on any atom is -0.243 e. The zero-order valence-corrected chi connectivity index (χ0v) is 14.8. The second-order valence-corrected chi connectivity index (χ2v) is 7.62. The van der Waals surface area contributed by atoms with Crippen molar-refractivity contribution < 1.29 is 13.2 Å². The fourth-order valence-electron chi connectivity index (χ4n) is 2.43. The van der Waals surface area contributed by atoms with Gasteiger partial charge in [-0.05, 0) is 41.5 Å². The van der Waals surface area contributed by atoms with Crippen molar-refractivity contribution in [2.75, 3.05) is 0 Å². The van der Waals surface area contributed by atoms with Gasteiger partial charge in [0.1, 0.15) is 5.01 Å². The van der Waals surface area contributed by atoms with Crippen LogP contribution in [0.25, 0.3) is 20.7 Å². The van der Waals surface area contributed by atoms with Gasteiger partial charge in [-0.1, -0.05) is 30.3 Å². The molecule has 0 fully saturated rings. The molecule has 0 unspecified atom stereocenters. The lowest BCUT2D eigenvalue weighted by Crippen LogP contribution is -2.03. The molecule has 0 aliphatic carbocycles. The molecular weight excluding hydrogens is 375 g/mol. The van der Waals surface area contributed by atoms with Crippen LogP contribution in [-0.2, 0) is 6.18 Å². The molecule has 4 aromatic rings. The number of benzene rings is 2. The molecule has 0 N–H and O–H groups in total. The number of halogens is 3. The van der Waals surface area contributed by atoms with E-state index in [1.165, 1.54) is 28.2 Å². The zero-order chi connectivity index (χ0) is 18.1. The van der Waals surface area contributed by atoms with Crippen LogP contribution in [0.4, 0.5) is 13.2 Å². The molecule has 0 radical (unpaired) electrons. The minimum atomic E-state index is -4.33. The van der Waals surface area contributed by atoms with Crippen LogP contribution in [0.15, 0.2) is 60.8 Å². The normalized spacial score (nSPS) is 11.3. The summed E-state index contributed by atoms with van der Waals surface area (Å²) in [6.07, 6.45) is -2.68. The van der Waals surface area contributed by atoms with E-state index in [0.29, 0.717) is 10.6 Å². The summed E-state index contributed by atoms with van der Waals surface area (Å²) in [5.41, 5.74) is -0.0134. The molecule has 0 aliphatic rings. The number of alkyl halides is 3. The number of fused-ring (bicyclic) bond motifs is 1. The maximum absolute atomic E-state index is 12.6. The van der Waals surface area contributed by atoms with Gasteiger partial charge in [0, 0.05) is 10.3 Å². The lowest BCUT2D eigenvalue weighted by molar-refractivity contribution is -0.137. The number of rotatable bonds is 1. The van der Waals surface area contributed by atoms with Gasteiger partial charge in [0.25, 0.3) is 0 Å². The summed E-state index contributed by atoms with van der Waals surface area (Å²) < 4.78 is 39.1. The molecule has 2 aromatic heterocycles. The monoisotopic (exact) mass is 385 g/mol. The van der Waals surface area contributed by atoms with Crippen molar-refractivity contribution in [3.05, 3.63) is 76.1 Å². The first-order valence-electron chi connectivity index (χ1n) is 7.63. The number of thiazole rings is 1. The SMILES string of the molecule is FC(F)(F)c1ccc(-c2ncc(C#Cc3cc4ccccc4s3)s2)cc1. The van der Waals surface area contributed by atoms with E-state index in [9.17, 15) is 13.2 Å². The van der Waals surface area contributed by atoms with E-state index < -0.39 is 11.7 Å². The topological polar surface area (TPSA) is 12.9 Å². The molecule has 4 rings (SSSR count). The van der Waals surface area contributed by atoms with Crippen molar-refractivity contribution in [1.82, 2.24) is 4.98 Å². The fraction of sp³-hybridized carbons (Fsp3) is 0.0500. The van der Waals surface area contributed by atoms with Crippen molar-refractivity contribution in [3.8, 4) is 22.4 Å². The maximum Gasteiger partial charge on any atom is 0.416 e. The van der Waals surface area contributed by atoms with Gasteiger partial charge in [0.15, 0.2) is 0 Å². The Morgan fingerprint density at radius 2 is 1.58 bits per heavy atom. The summed E-state index contributed by atoms with van der Waals surface area (Å²) in [5, 5.41) is 1.82. The summed E-state index contributed by atoms with van der Waals surface area (Å²) in [6.45, 7) is 0. The lowest BCUT2D eigenvalue weighted by atomic mass is 10.1. The van der Waals surface area contributed by atoms with Crippen LogP contribution in [0.3, 0.4) is 0 Å². The van der Waals surface area contributed by atoms with E-state index in [4.69, 9.17) is 0 Å². The lowest BCUT2D eigenvalue weighted by Gasteiger charge is -2.06. The molecular formula is C20H10F3NS2. The van der Waals surface area contributed by atoms with Gasteiger partial charge >= 0.3 is 6.18 Å². The third-order valence-electron chi connectivity index (χ3n) is 3.70. The molecule has 0 saturated heterocycles. The number of nitrogens with zero attached hydrogens (tertiary/aromatic N) is 1. The van der Waals surface area contributed by atoms with Crippen LogP contribution in [0.1, 0.15) is 15.3 Å². The first-order valence-corrected chi connectivity index (χ1v) is 9.26. The van der Waals surface area contributed by atoms with E-state index in [0.717, 1.165) is 27.3 Å². The quantitative estimate of drug-likeness (QED) is 0.343. The average Bonchev–Trinajstić information content (AvgIpc) is 3.26. The van der Waals surface area contributed by atoms with Crippen molar-refractivity contribution in [3.63, 3.8) is 0 Å². The largest absolute Gasteiger partial charge is 0.416 e. The fourth-order valence-corrected chi connectivity index (χ4v) is 4.13. The minimum absolute atomic E-state index is 0.651. The van der Waals surface area contributed by atoms with Crippen LogP contribution in [0.5, 0.6) is 0 Å². The Hall–Kier alpha value is -2.62. The molecule has 0 spiro atoms. The number of aromatic nitrogens is 1. The number of hydrogen-bond acceptors (Lipinski definition) is 3. The van der Waals surface area contributed by atoms with Crippen molar-refractivity contribution >= 4 is 32.8 Å². The van der Waals surface area contributed by atoms with Gasteiger partial charge in [0.05, 0.1) is 21.5 Å². The van der Waals surface area contributed by atoms with Crippen molar-refractivity contribution in [1.29, 1.82) is 0 Å². The Bertz CT molecular complexity index is 1090. The molecule has 26 heavy (non-hydrogen) atoms. The Balaban J connectivity index is 1.57. The Labute approximate surface area is 155 Å². The first kappa shape index (κ1) is 16.8. The average molecular weight is 385 g/mol. The Morgan fingerprint density at radius 1 is 0.846 bits per heavy atom. The van der Waals surface area contributed by atoms with Crippen molar-refractivity contribution in [2.24, 2.45) is 0 Å². The van der Waals surface area contributed by atoms with E-state index in [2.05, 4.69) is 22.9 Å². The van der Waals surface area contributed by atoms with E-state index in [1.54, 1.807) is 17.5 Å². The molecule has 0 amide bonds. The Morgan fingerprint density at radius 3 is 2.31 bits per heavy atom.